The number of hydrogen-bond donors (Lipinski definition) is 1. The summed E-state index contributed by atoms with van der Waals surface area (Å²) in [6.07, 6.45) is 8.33. The van der Waals surface area contributed by atoms with Crippen molar-refractivity contribution < 1.29 is 4.39 Å². The molecule has 5 heteroatoms. The van der Waals surface area contributed by atoms with Crippen LogP contribution in [0.2, 0.25) is 0 Å². The summed E-state index contributed by atoms with van der Waals surface area (Å²) in [5.41, 5.74) is 3.81. The smallest absolute Gasteiger partial charge is 0.251 e. The van der Waals surface area contributed by atoms with Crippen molar-refractivity contribution in [2.24, 2.45) is 0 Å². The van der Waals surface area contributed by atoms with Crippen molar-refractivity contribution in [2.75, 3.05) is 0 Å². The van der Waals surface area contributed by atoms with Gasteiger partial charge in [0, 0.05) is 23.1 Å². The summed E-state index contributed by atoms with van der Waals surface area (Å²) in [5.74, 6) is 0.0406. The number of aromatic amines is 1. The van der Waals surface area contributed by atoms with E-state index in [1.54, 1.807) is 12.1 Å². The second-order valence-corrected chi connectivity index (χ2v) is 7.30. The van der Waals surface area contributed by atoms with E-state index in [-0.39, 0.29) is 5.56 Å². The molecule has 1 aliphatic carbocycles. The summed E-state index contributed by atoms with van der Waals surface area (Å²) in [5, 5.41) is 0.892. The third kappa shape index (κ3) is 5.18. The van der Waals surface area contributed by atoms with Gasteiger partial charge >= 0.3 is 0 Å². The van der Waals surface area contributed by atoms with Gasteiger partial charge in [-0.15, -0.1) is 11.8 Å². The second-order valence-electron chi connectivity index (χ2n) is 6.31. The van der Waals surface area contributed by atoms with Crippen LogP contribution in [0.1, 0.15) is 61.8 Å². The molecule has 0 bridgehead atoms. The van der Waals surface area contributed by atoms with E-state index in [9.17, 15) is 9.18 Å². The van der Waals surface area contributed by atoms with Crippen molar-refractivity contribution in [3.8, 4) is 0 Å². The highest BCUT2D eigenvalue weighted by molar-refractivity contribution is 7.98. The highest BCUT2D eigenvalue weighted by Crippen LogP contribution is 2.31. The minimum Gasteiger partial charge on any atom is -0.317 e. The molecule has 25 heavy (non-hydrogen) atoms. The third-order valence-electron chi connectivity index (χ3n) is 4.47. The Balaban J connectivity index is 0.000000511. The maximum Gasteiger partial charge on any atom is 0.251 e. The Hall–Kier alpha value is -1.62. The molecule has 0 aliphatic heterocycles. The topological polar surface area (TPSA) is 45.8 Å². The molecule has 1 aliphatic rings. The number of rotatable bonds is 4. The van der Waals surface area contributed by atoms with Crippen molar-refractivity contribution in [1.29, 1.82) is 0 Å². The first kappa shape index (κ1) is 19.7. The average molecular weight is 363 g/mol. The van der Waals surface area contributed by atoms with E-state index < -0.39 is 5.95 Å². The Morgan fingerprint density at radius 2 is 1.88 bits per heavy atom. The normalized spacial score (nSPS) is 13.0. The molecule has 3 nitrogen and oxygen atoms in total. The van der Waals surface area contributed by atoms with E-state index in [2.05, 4.69) is 23.8 Å². The lowest BCUT2D eigenvalue weighted by molar-refractivity contribution is 0.573. The highest BCUT2D eigenvalue weighted by Gasteiger charge is 2.18. The number of hydrogen-bond acceptors (Lipinski definition) is 3. The molecule has 2 heterocycles. The molecule has 2 aromatic heterocycles. The Labute approximate surface area is 153 Å². The fraction of sp³-hybridized carbons (Fsp3) is 0.500. The summed E-state index contributed by atoms with van der Waals surface area (Å²) in [7, 11) is 0. The molecule has 0 radical (unpaired) electrons. The molecule has 0 amide bonds. The molecule has 0 aromatic carbocycles. The lowest BCUT2D eigenvalue weighted by atomic mass is 9.90. The van der Waals surface area contributed by atoms with Crippen LogP contribution in [0, 0.1) is 12.9 Å². The van der Waals surface area contributed by atoms with Crippen LogP contribution >= 0.6 is 11.8 Å². The van der Waals surface area contributed by atoms with Crippen LogP contribution < -0.4 is 5.56 Å². The summed E-state index contributed by atoms with van der Waals surface area (Å²) in [6, 6.07) is 3.46. The van der Waals surface area contributed by atoms with Gasteiger partial charge in [0.2, 0.25) is 5.95 Å². The second kappa shape index (κ2) is 9.76. The van der Waals surface area contributed by atoms with Crippen LogP contribution in [0.3, 0.4) is 0 Å². The minimum absolute atomic E-state index is 0.0233. The van der Waals surface area contributed by atoms with Crippen LogP contribution in [-0.2, 0) is 18.6 Å². The maximum atomic E-state index is 13.6. The van der Waals surface area contributed by atoms with Crippen LogP contribution in [0.25, 0.3) is 0 Å². The Kier molecular flexibility index (Phi) is 7.69. The molecule has 2 aromatic rings. The van der Waals surface area contributed by atoms with Gasteiger partial charge in [-0.1, -0.05) is 32.8 Å². The average Bonchev–Trinajstić information content (AvgIpc) is 2.65. The number of nitrogens with zero attached hydrogens (tertiary/aromatic N) is 1. The lowest BCUT2D eigenvalue weighted by Crippen LogP contribution is -2.19. The van der Waals surface area contributed by atoms with E-state index in [0.29, 0.717) is 11.3 Å². The zero-order valence-corrected chi connectivity index (χ0v) is 16.1. The Morgan fingerprint density at radius 1 is 1.20 bits per heavy atom. The van der Waals surface area contributed by atoms with Crippen molar-refractivity contribution in [3.05, 3.63) is 56.9 Å². The lowest BCUT2D eigenvalue weighted by Gasteiger charge is -2.20. The number of thioether (sulfide) groups is 1. The number of unbranched alkanes of at least 4 members (excludes halogenated alkanes) is 1. The van der Waals surface area contributed by atoms with E-state index in [1.807, 2.05) is 6.92 Å². The van der Waals surface area contributed by atoms with Gasteiger partial charge < -0.3 is 4.98 Å². The number of nitrogens with one attached hydrogen (secondary N) is 1. The Morgan fingerprint density at radius 3 is 2.52 bits per heavy atom. The van der Waals surface area contributed by atoms with Gasteiger partial charge in [-0.3, -0.25) is 4.79 Å². The molecule has 136 valence electrons. The molecular formula is C20H27FN2OS. The van der Waals surface area contributed by atoms with Gasteiger partial charge in [0.1, 0.15) is 0 Å². The van der Waals surface area contributed by atoms with Crippen LogP contribution in [-0.4, -0.2) is 9.97 Å². The largest absolute Gasteiger partial charge is 0.317 e. The summed E-state index contributed by atoms with van der Waals surface area (Å²) in [4.78, 5) is 18.7. The molecule has 0 saturated heterocycles. The van der Waals surface area contributed by atoms with Gasteiger partial charge in [-0.25, -0.2) is 4.98 Å². The van der Waals surface area contributed by atoms with Gasteiger partial charge in [0.15, 0.2) is 0 Å². The van der Waals surface area contributed by atoms with E-state index in [0.717, 1.165) is 36.3 Å². The molecule has 0 saturated carbocycles. The van der Waals surface area contributed by atoms with Gasteiger partial charge in [-0.2, -0.15) is 4.39 Å². The number of aromatic nitrogens is 2. The number of H-pyrrole nitrogens is 1. The standard InChI is InChI=1S/C16H17FN2OS.C4H10/c1-10-12-6-2-3-7-13(12)16(19-15(10)20)21-9-11-5-4-8-18-14(11)17;1-3-4-2/h4-5,8H,2-3,6-7,9H2,1H3,(H,19,20);3-4H2,1-2H3. The van der Waals surface area contributed by atoms with Gasteiger partial charge in [0.05, 0.1) is 5.03 Å². The fourth-order valence-electron chi connectivity index (χ4n) is 2.78. The molecule has 3 rings (SSSR count). The first-order valence-corrected chi connectivity index (χ1v) is 10.0. The van der Waals surface area contributed by atoms with E-state index in [1.165, 1.54) is 41.9 Å². The zero-order valence-electron chi connectivity index (χ0n) is 15.3. The number of fused-ring (bicyclic) bond motifs is 1. The quantitative estimate of drug-likeness (QED) is 0.601. The molecule has 0 spiro atoms. The van der Waals surface area contributed by atoms with Crippen LogP contribution in [0.5, 0.6) is 0 Å². The maximum absolute atomic E-state index is 13.6. The van der Waals surface area contributed by atoms with Crippen molar-refractivity contribution in [1.82, 2.24) is 9.97 Å². The third-order valence-corrected chi connectivity index (χ3v) is 5.56. The predicted molar refractivity (Wildman–Crippen MR) is 103 cm³/mol. The summed E-state index contributed by atoms with van der Waals surface area (Å²) in [6.45, 7) is 6.25. The molecule has 1 N–H and O–H groups in total. The zero-order chi connectivity index (χ0) is 18.2. The van der Waals surface area contributed by atoms with Crippen LogP contribution in [0.4, 0.5) is 4.39 Å². The van der Waals surface area contributed by atoms with E-state index >= 15 is 0 Å². The predicted octanol–water partition coefficient (Wildman–Crippen LogP) is 5.19. The Bertz CT molecular complexity index is 756. The van der Waals surface area contributed by atoms with Gasteiger partial charge in [-0.05, 0) is 49.8 Å². The van der Waals surface area contributed by atoms with Crippen LogP contribution in [0.15, 0.2) is 28.2 Å². The molecule has 0 unspecified atom stereocenters. The summed E-state index contributed by atoms with van der Waals surface area (Å²) >= 11 is 1.49. The minimum atomic E-state index is -0.437. The monoisotopic (exact) mass is 362 g/mol. The number of pyridine rings is 2. The highest BCUT2D eigenvalue weighted by atomic mass is 32.2. The first-order valence-electron chi connectivity index (χ1n) is 9.05. The number of halogens is 1. The van der Waals surface area contributed by atoms with Gasteiger partial charge in [0.25, 0.3) is 5.56 Å². The first-order chi connectivity index (χ1) is 12.1. The van der Waals surface area contributed by atoms with Crippen molar-refractivity contribution in [3.63, 3.8) is 0 Å². The molecular weight excluding hydrogens is 335 g/mol. The fourth-order valence-corrected chi connectivity index (χ4v) is 3.86. The summed E-state index contributed by atoms with van der Waals surface area (Å²) < 4.78 is 13.6. The molecule has 0 fully saturated rings. The van der Waals surface area contributed by atoms with Crippen molar-refractivity contribution >= 4 is 11.8 Å². The SMILES string of the molecule is CCCC.Cc1c2c(c(SCc3cccnc3F)[nH]c1=O)CCCC2. The molecule has 0 atom stereocenters. The van der Waals surface area contributed by atoms with E-state index in [4.69, 9.17) is 0 Å². The van der Waals surface area contributed by atoms with Crippen molar-refractivity contribution in [2.45, 2.75) is 70.1 Å².